The predicted molar refractivity (Wildman–Crippen MR) is 112 cm³/mol. The predicted octanol–water partition coefficient (Wildman–Crippen LogP) is 3.10. The van der Waals surface area contributed by atoms with Crippen molar-refractivity contribution in [3.63, 3.8) is 0 Å². The second kappa shape index (κ2) is 6.68. The van der Waals surface area contributed by atoms with Crippen molar-refractivity contribution in [2.75, 3.05) is 36.9 Å². The fourth-order valence-corrected chi connectivity index (χ4v) is 4.56. The molecule has 144 valence electrons. The maximum atomic E-state index is 6.19. The number of benzene rings is 1. The van der Waals surface area contributed by atoms with Crippen molar-refractivity contribution in [1.82, 2.24) is 24.7 Å². The van der Waals surface area contributed by atoms with E-state index in [0.29, 0.717) is 5.82 Å². The molecule has 1 fully saturated rings. The molecule has 0 amide bonds. The van der Waals surface area contributed by atoms with Gasteiger partial charge in [-0.3, -0.25) is 0 Å². The van der Waals surface area contributed by atoms with E-state index in [1.54, 1.807) is 11.3 Å². The van der Waals surface area contributed by atoms with Gasteiger partial charge in [-0.15, -0.1) is 0 Å². The Balaban J connectivity index is 1.63. The van der Waals surface area contributed by atoms with Gasteiger partial charge in [0.25, 0.3) is 0 Å². The average molecular weight is 395 g/mol. The number of hydrogen-bond donors (Lipinski definition) is 1. The molecule has 1 aliphatic rings. The number of ether oxygens (including phenoxy) is 1. The Bertz CT molecular complexity index is 1160. The fourth-order valence-electron chi connectivity index (χ4n) is 3.51. The van der Waals surface area contributed by atoms with E-state index in [0.717, 1.165) is 63.9 Å². The molecule has 1 aliphatic heterocycles. The Morgan fingerprint density at radius 1 is 1.18 bits per heavy atom. The zero-order valence-electron chi connectivity index (χ0n) is 15.8. The van der Waals surface area contributed by atoms with Gasteiger partial charge >= 0.3 is 0 Å². The molecule has 0 radical (unpaired) electrons. The van der Waals surface area contributed by atoms with Crippen molar-refractivity contribution < 1.29 is 4.74 Å². The van der Waals surface area contributed by atoms with E-state index in [1.165, 1.54) is 6.33 Å². The lowest BCUT2D eigenvalue weighted by Gasteiger charge is -2.25. The third-order valence-electron chi connectivity index (χ3n) is 4.94. The minimum absolute atomic E-state index is 0.172. The van der Waals surface area contributed by atoms with Crippen LogP contribution in [0.5, 0.6) is 0 Å². The van der Waals surface area contributed by atoms with E-state index >= 15 is 0 Å². The number of rotatable bonds is 3. The van der Waals surface area contributed by atoms with Crippen LogP contribution in [-0.2, 0) is 4.74 Å². The van der Waals surface area contributed by atoms with Crippen LogP contribution in [0.15, 0.2) is 24.5 Å². The van der Waals surface area contributed by atoms with Gasteiger partial charge in [-0.2, -0.15) is 5.10 Å². The molecule has 5 rings (SSSR count). The molecule has 1 aromatic carbocycles. The van der Waals surface area contributed by atoms with E-state index in [2.05, 4.69) is 34.8 Å². The van der Waals surface area contributed by atoms with Crippen LogP contribution >= 0.6 is 11.3 Å². The van der Waals surface area contributed by atoms with Crippen LogP contribution in [-0.4, -0.2) is 51.0 Å². The first-order chi connectivity index (χ1) is 13.6. The summed E-state index contributed by atoms with van der Waals surface area (Å²) in [6.45, 7) is 7.41. The number of morpholine rings is 1. The Labute approximate surface area is 166 Å². The summed E-state index contributed by atoms with van der Waals surface area (Å²) in [5.74, 6) is 0.449. The van der Waals surface area contributed by atoms with Crippen molar-refractivity contribution >= 4 is 43.5 Å². The molecule has 0 saturated carbocycles. The summed E-state index contributed by atoms with van der Waals surface area (Å²) in [6.07, 6.45) is 1.49. The highest BCUT2D eigenvalue weighted by Crippen LogP contribution is 2.36. The summed E-state index contributed by atoms with van der Waals surface area (Å²) in [5.41, 5.74) is 9.75. The highest BCUT2D eigenvalue weighted by atomic mass is 32.1. The van der Waals surface area contributed by atoms with Gasteiger partial charge in [0.2, 0.25) is 0 Å². The number of nitrogens with two attached hydrogens (primary N) is 1. The van der Waals surface area contributed by atoms with Crippen molar-refractivity contribution in [3.8, 4) is 11.3 Å². The standard InChI is InChI=1S/C19H21N7OS/c1-11(2)26-18-15(17(20)21-10-22-18)16(24-26)12-3-4-13-14(9-12)28-19(23-13)25-5-7-27-8-6-25/h3-4,9-11H,5-8H2,1-2H3,(H2,20,21,22). The molecule has 4 heterocycles. The largest absolute Gasteiger partial charge is 0.383 e. The van der Waals surface area contributed by atoms with E-state index < -0.39 is 0 Å². The normalized spacial score (nSPS) is 15.2. The molecule has 0 unspecified atom stereocenters. The van der Waals surface area contributed by atoms with E-state index in [1.807, 2.05) is 16.8 Å². The zero-order chi connectivity index (χ0) is 19.3. The third kappa shape index (κ3) is 2.78. The molecule has 4 aromatic rings. The van der Waals surface area contributed by atoms with Crippen LogP contribution in [0, 0.1) is 0 Å². The Morgan fingerprint density at radius 3 is 2.79 bits per heavy atom. The maximum absolute atomic E-state index is 6.19. The SMILES string of the molecule is CC(C)n1nc(-c2ccc3nc(N4CCOCC4)sc3c2)c2c(N)ncnc21. The van der Waals surface area contributed by atoms with Gasteiger partial charge in [0, 0.05) is 24.7 Å². The molecule has 8 nitrogen and oxygen atoms in total. The Kier molecular flexibility index (Phi) is 4.13. The van der Waals surface area contributed by atoms with Crippen LogP contribution in [0.3, 0.4) is 0 Å². The molecule has 0 aliphatic carbocycles. The monoisotopic (exact) mass is 395 g/mol. The Hall–Kier alpha value is -2.78. The molecule has 1 saturated heterocycles. The van der Waals surface area contributed by atoms with Gasteiger partial charge in [0.1, 0.15) is 17.8 Å². The van der Waals surface area contributed by atoms with E-state index in [9.17, 15) is 0 Å². The van der Waals surface area contributed by atoms with Crippen LogP contribution in [0.2, 0.25) is 0 Å². The summed E-state index contributed by atoms with van der Waals surface area (Å²) in [5, 5.41) is 6.65. The minimum Gasteiger partial charge on any atom is -0.383 e. The number of hydrogen-bond acceptors (Lipinski definition) is 8. The third-order valence-corrected chi connectivity index (χ3v) is 6.02. The molecule has 0 atom stereocenters. The lowest BCUT2D eigenvalue weighted by molar-refractivity contribution is 0.122. The van der Waals surface area contributed by atoms with Gasteiger partial charge in [-0.25, -0.2) is 19.6 Å². The lowest BCUT2D eigenvalue weighted by Crippen LogP contribution is -2.36. The van der Waals surface area contributed by atoms with Crippen LogP contribution in [0.4, 0.5) is 10.9 Å². The van der Waals surface area contributed by atoms with Crippen molar-refractivity contribution in [3.05, 3.63) is 24.5 Å². The van der Waals surface area contributed by atoms with Crippen LogP contribution in [0.25, 0.3) is 32.5 Å². The molecular formula is C19H21N7OS. The summed E-state index contributed by atoms with van der Waals surface area (Å²) >= 11 is 1.70. The van der Waals surface area contributed by atoms with Gasteiger partial charge in [-0.1, -0.05) is 17.4 Å². The van der Waals surface area contributed by atoms with Crippen molar-refractivity contribution in [1.29, 1.82) is 0 Å². The molecular weight excluding hydrogens is 374 g/mol. The summed E-state index contributed by atoms with van der Waals surface area (Å²) < 4.78 is 8.47. The summed E-state index contributed by atoms with van der Waals surface area (Å²) in [4.78, 5) is 15.7. The fraction of sp³-hybridized carbons (Fsp3) is 0.368. The van der Waals surface area contributed by atoms with Crippen molar-refractivity contribution in [2.24, 2.45) is 0 Å². The average Bonchev–Trinajstić information content (AvgIpc) is 3.30. The zero-order valence-corrected chi connectivity index (χ0v) is 16.6. The first kappa shape index (κ1) is 17.3. The molecule has 3 aromatic heterocycles. The van der Waals surface area contributed by atoms with Crippen LogP contribution in [0.1, 0.15) is 19.9 Å². The highest BCUT2D eigenvalue weighted by Gasteiger charge is 2.20. The number of thiazole rings is 1. The second-order valence-corrected chi connectivity index (χ2v) is 8.13. The number of fused-ring (bicyclic) bond motifs is 2. The van der Waals surface area contributed by atoms with Crippen molar-refractivity contribution in [2.45, 2.75) is 19.9 Å². The van der Waals surface area contributed by atoms with Crippen LogP contribution < -0.4 is 10.6 Å². The number of aromatic nitrogens is 5. The first-order valence-corrected chi connectivity index (χ1v) is 10.2. The molecule has 0 spiro atoms. The van der Waals surface area contributed by atoms with Gasteiger partial charge in [0.05, 0.1) is 28.8 Å². The Morgan fingerprint density at radius 2 is 2.00 bits per heavy atom. The molecule has 2 N–H and O–H groups in total. The van der Waals surface area contributed by atoms with Gasteiger partial charge < -0.3 is 15.4 Å². The highest BCUT2D eigenvalue weighted by molar-refractivity contribution is 7.22. The quantitative estimate of drug-likeness (QED) is 0.569. The molecule has 28 heavy (non-hydrogen) atoms. The maximum Gasteiger partial charge on any atom is 0.186 e. The summed E-state index contributed by atoms with van der Waals surface area (Å²) in [6, 6.07) is 6.40. The number of nitrogen functional groups attached to an aromatic ring is 1. The second-order valence-electron chi connectivity index (χ2n) is 7.12. The summed E-state index contributed by atoms with van der Waals surface area (Å²) in [7, 11) is 0. The molecule has 0 bridgehead atoms. The molecule has 9 heteroatoms. The number of nitrogens with zero attached hydrogens (tertiary/aromatic N) is 6. The van der Waals surface area contributed by atoms with Gasteiger partial charge in [0.15, 0.2) is 10.8 Å². The minimum atomic E-state index is 0.172. The smallest absolute Gasteiger partial charge is 0.186 e. The lowest BCUT2D eigenvalue weighted by atomic mass is 10.1. The first-order valence-electron chi connectivity index (χ1n) is 9.34. The topological polar surface area (TPSA) is 95.0 Å². The van der Waals surface area contributed by atoms with E-state index in [4.69, 9.17) is 20.6 Å². The van der Waals surface area contributed by atoms with E-state index in [-0.39, 0.29) is 6.04 Å². The van der Waals surface area contributed by atoms with Gasteiger partial charge in [-0.05, 0) is 26.0 Å². The number of anilines is 2.